The van der Waals surface area contributed by atoms with Crippen LogP contribution in [0.25, 0.3) is 0 Å². The third kappa shape index (κ3) is 2.98. The van der Waals surface area contributed by atoms with E-state index in [1.54, 1.807) is 18.3 Å². The minimum Gasteiger partial charge on any atom is -0.477 e. The van der Waals surface area contributed by atoms with Crippen molar-refractivity contribution in [3.8, 4) is 5.88 Å². The number of nitrogen functional groups attached to an aromatic ring is 1. The highest BCUT2D eigenvalue weighted by atomic mass is 16.5. The first-order valence-corrected chi connectivity index (χ1v) is 5.23. The number of pyridine rings is 1. The Labute approximate surface area is 94.9 Å². The number of aromatic nitrogens is 1. The molecule has 0 saturated carbocycles. The second kappa shape index (κ2) is 5.16. The van der Waals surface area contributed by atoms with Crippen LogP contribution >= 0.6 is 0 Å². The summed E-state index contributed by atoms with van der Waals surface area (Å²) in [6.45, 7) is 0.626. The van der Waals surface area contributed by atoms with Gasteiger partial charge in [-0.25, -0.2) is 4.98 Å². The molecule has 82 valence electrons. The number of rotatable bonds is 4. The zero-order valence-corrected chi connectivity index (χ0v) is 8.97. The van der Waals surface area contributed by atoms with E-state index in [-0.39, 0.29) is 0 Å². The van der Waals surface area contributed by atoms with E-state index in [9.17, 15) is 0 Å². The lowest BCUT2D eigenvalue weighted by atomic mass is 10.2. The second-order valence-electron chi connectivity index (χ2n) is 3.51. The Morgan fingerprint density at radius 3 is 2.56 bits per heavy atom. The minimum absolute atomic E-state index is 0.616. The zero-order chi connectivity index (χ0) is 11.2. The molecular formula is C13H14N2O. The van der Waals surface area contributed by atoms with E-state index in [1.165, 1.54) is 5.56 Å². The normalized spacial score (nSPS) is 10.0. The minimum atomic E-state index is 0.616. The second-order valence-corrected chi connectivity index (χ2v) is 3.51. The van der Waals surface area contributed by atoms with Crippen LogP contribution in [0.1, 0.15) is 5.56 Å². The van der Waals surface area contributed by atoms with Crippen molar-refractivity contribution in [3.63, 3.8) is 0 Å². The van der Waals surface area contributed by atoms with Gasteiger partial charge in [0.2, 0.25) is 5.88 Å². The standard InChI is InChI=1S/C13H14N2O/c14-12-6-7-13(15-10-12)16-9-8-11-4-2-1-3-5-11/h1-7,10H,8-9,14H2. The summed E-state index contributed by atoms with van der Waals surface area (Å²) in [6.07, 6.45) is 2.48. The van der Waals surface area contributed by atoms with Gasteiger partial charge < -0.3 is 10.5 Å². The molecule has 0 spiro atoms. The fourth-order valence-corrected chi connectivity index (χ4v) is 1.40. The molecule has 0 aliphatic rings. The number of ether oxygens (including phenoxy) is 1. The number of hydrogen-bond acceptors (Lipinski definition) is 3. The van der Waals surface area contributed by atoms with E-state index in [2.05, 4.69) is 17.1 Å². The van der Waals surface area contributed by atoms with Crippen LogP contribution in [0.3, 0.4) is 0 Å². The van der Waals surface area contributed by atoms with Crippen molar-refractivity contribution in [1.82, 2.24) is 4.98 Å². The molecule has 0 bridgehead atoms. The van der Waals surface area contributed by atoms with Gasteiger partial charge in [0.1, 0.15) is 0 Å². The molecule has 1 aromatic heterocycles. The number of anilines is 1. The summed E-state index contributed by atoms with van der Waals surface area (Å²) in [5.74, 6) is 0.616. The lowest BCUT2D eigenvalue weighted by molar-refractivity contribution is 0.309. The van der Waals surface area contributed by atoms with Gasteiger partial charge in [-0.05, 0) is 11.6 Å². The van der Waals surface area contributed by atoms with E-state index in [0.29, 0.717) is 18.2 Å². The van der Waals surface area contributed by atoms with Crippen LogP contribution in [0, 0.1) is 0 Å². The molecule has 2 aromatic rings. The third-order valence-corrected chi connectivity index (χ3v) is 2.24. The SMILES string of the molecule is Nc1ccc(OCCc2ccccc2)nc1. The molecule has 0 amide bonds. The number of nitrogens with two attached hydrogens (primary N) is 1. The molecule has 1 heterocycles. The van der Waals surface area contributed by atoms with Crippen molar-refractivity contribution in [2.75, 3.05) is 12.3 Å². The van der Waals surface area contributed by atoms with Gasteiger partial charge in [-0.2, -0.15) is 0 Å². The first-order chi connectivity index (χ1) is 7.84. The van der Waals surface area contributed by atoms with E-state index in [1.807, 2.05) is 18.2 Å². The van der Waals surface area contributed by atoms with Crippen molar-refractivity contribution in [2.45, 2.75) is 6.42 Å². The predicted octanol–water partition coefficient (Wildman–Crippen LogP) is 2.29. The average Bonchev–Trinajstić information content (AvgIpc) is 2.33. The lowest BCUT2D eigenvalue weighted by Gasteiger charge is -2.05. The Bertz CT molecular complexity index is 425. The van der Waals surface area contributed by atoms with Crippen molar-refractivity contribution in [3.05, 3.63) is 54.2 Å². The predicted molar refractivity (Wildman–Crippen MR) is 64.3 cm³/mol. The smallest absolute Gasteiger partial charge is 0.213 e. The summed E-state index contributed by atoms with van der Waals surface area (Å²) in [5, 5.41) is 0. The monoisotopic (exact) mass is 214 g/mol. The van der Waals surface area contributed by atoms with Gasteiger partial charge in [-0.1, -0.05) is 30.3 Å². The van der Waals surface area contributed by atoms with E-state index in [4.69, 9.17) is 10.5 Å². The summed E-state index contributed by atoms with van der Waals surface area (Å²) in [5.41, 5.74) is 7.44. The van der Waals surface area contributed by atoms with E-state index in [0.717, 1.165) is 6.42 Å². The van der Waals surface area contributed by atoms with E-state index < -0.39 is 0 Å². The van der Waals surface area contributed by atoms with Crippen LogP contribution in [0.4, 0.5) is 5.69 Å². The molecule has 0 radical (unpaired) electrons. The fraction of sp³-hybridized carbons (Fsp3) is 0.154. The highest BCUT2D eigenvalue weighted by molar-refractivity contribution is 5.35. The molecule has 0 aliphatic heterocycles. The first kappa shape index (κ1) is 10.5. The number of nitrogens with zero attached hydrogens (tertiary/aromatic N) is 1. The molecule has 0 fully saturated rings. The summed E-state index contributed by atoms with van der Waals surface area (Å²) >= 11 is 0. The molecule has 2 rings (SSSR count). The average molecular weight is 214 g/mol. The number of hydrogen-bond donors (Lipinski definition) is 1. The quantitative estimate of drug-likeness (QED) is 0.849. The maximum Gasteiger partial charge on any atom is 0.213 e. The highest BCUT2D eigenvalue weighted by Crippen LogP contribution is 2.09. The van der Waals surface area contributed by atoms with Crippen LogP contribution in [-0.4, -0.2) is 11.6 Å². The van der Waals surface area contributed by atoms with Gasteiger partial charge in [0.05, 0.1) is 18.5 Å². The van der Waals surface area contributed by atoms with Crippen molar-refractivity contribution < 1.29 is 4.74 Å². The largest absolute Gasteiger partial charge is 0.477 e. The van der Waals surface area contributed by atoms with Crippen LogP contribution < -0.4 is 10.5 Å². The molecule has 2 N–H and O–H groups in total. The Morgan fingerprint density at radius 2 is 1.88 bits per heavy atom. The van der Waals surface area contributed by atoms with Gasteiger partial charge >= 0.3 is 0 Å². The fourth-order valence-electron chi connectivity index (χ4n) is 1.40. The molecule has 0 aliphatic carbocycles. The van der Waals surface area contributed by atoms with Crippen molar-refractivity contribution in [2.24, 2.45) is 0 Å². The molecule has 16 heavy (non-hydrogen) atoms. The Hall–Kier alpha value is -2.03. The Morgan fingerprint density at radius 1 is 1.06 bits per heavy atom. The third-order valence-electron chi connectivity index (χ3n) is 2.24. The van der Waals surface area contributed by atoms with Gasteiger partial charge in [-0.15, -0.1) is 0 Å². The molecule has 0 unspecified atom stereocenters. The van der Waals surface area contributed by atoms with Gasteiger partial charge in [0.15, 0.2) is 0 Å². The lowest BCUT2D eigenvalue weighted by Crippen LogP contribution is -2.02. The molecule has 3 nitrogen and oxygen atoms in total. The number of benzene rings is 1. The summed E-state index contributed by atoms with van der Waals surface area (Å²) in [6, 6.07) is 13.8. The highest BCUT2D eigenvalue weighted by Gasteiger charge is 1.95. The maximum absolute atomic E-state index is 5.53. The van der Waals surface area contributed by atoms with Gasteiger partial charge in [0.25, 0.3) is 0 Å². The van der Waals surface area contributed by atoms with Crippen LogP contribution in [0.15, 0.2) is 48.7 Å². The van der Waals surface area contributed by atoms with Crippen LogP contribution in [-0.2, 0) is 6.42 Å². The summed E-state index contributed by atoms with van der Waals surface area (Å²) < 4.78 is 5.50. The zero-order valence-electron chi connectivity index (χ0n) is 8.97. The first-order valence-electron chi connectivity index (χ1n) is 5.23. The van der Waals surface area contributed by atoms with Crippen molar-refractivity contribution in [1.29, 1.82) is 0 Å². The molecule has 1 aromatic carbocycles. The van der Waals surface area contributed by atoms with E-state index >= 15 is 0 Å². The summed E-state index contributed by atoms with van der Waals surface area (Å²) in [7, 11) is 0. The Balaban J connectivity index is 1.82. The van der Waals surface area contributed by atoms with Crippen LogP contribution in [0.2, 0.25) is 0 Å². The Kier molecular flexibility index (Phi) is 3.38. The molecule has 0 atom stereocenters. The topological polar surface area (TPSA) is 48.1 Å². The van der Waals surface area contributed by atoms with Crippen LogP contribution in [0.5, 0.6) is 5.88 Å². The van der Waals surface area contributed by atoms with Gasteiger partial charge in [0, 0.05) is 12.5 Å². The maximum atomic E-state index is 5.53. The summed E-state index contributed by atoms with van der Waals surface area (Å²) in [4.78, 5) is 4.06. The van der Waals surface area contributed by atoms with Gasteiger partial charge in [-0.3, -0.25) is 0 Å². The molecular weight excluding hydrogens is 200 g/mol. The molecule has 3 heteroatoms. The van der Waals surface area contributed by atoms with Crippen molar-refractivity contribution >= 4 is 5.69 Å². The molecule has 0 saturated heterocycles.